The number of methoxy groups -OCH3 is 1. The molecule has 1 aromatic carbocycles. The van der Waals surface area contributed by atoms with Gasteiger partial charge in [-0.25, -0.2) is 0 Å². The largest absolute Gasteiger partial charge is 0.468 e. The zero-order chi connectivity index (χ0) is 13.6. The molecule has 98 valence electrons. The van der Waals surface area contributed by atoms with E-state index in [1.165, 1.54) is 12.0 Å². The molecular weight excluding hydrogens is 246 g/mol. The number of benzene rings is 1. The number of fused-ring (bicyclic) bond motifs is 1. The Morgan fingerprint density at radius 3 is 2.58 bits per heavy atom. The van der Waals surface area contributed by atoms with Crippen LogP contribution in [-0.4, -0.2) is 35.8 Å². The molecule has 0 bridgehead atoms. The summed E-state index contributed by atoms with van der Waals surface area (Å²) in [6.45, 7) is 0. The molecule has 0 saturated heterocycles. The smallest absolute Gasteiger partial charge is 0.322 e. The van der Waals surface area contributed by atoms with Gasteiger partial charge in [-0.05, 0) is 24.5 Å². The molecule has 5 heteroatoms. The van der Waals surface area contributed by atoms with Crippen LogP contribution in [0.5, 0.6) is 0 Å². The lowest BCUT2D eigenvalue weighted by molar-refractivity contribution is -0.149. The maximum Gasteiger partial charge on any atom is 0.322 e. The third-order valence-corrected chi connectivity index (χ3v) is 3.55. The summed E-state index contributed by atoms with van der Waals surface area (Å²) < 4.78 is 4.70. The summed E-state index contributed by atoms with van der Waals surface area (Å²) in [7, 11) is 1.25. The Kier molecular flexibility index (Phi) is 2.62. The average Bonchev–Trinajstić information content (AvgIpc) is 3.23. The van der Waals surface area contributed by atoms with E-state index in [2.05, 4.69) is 0 Å². The van der Waals surface area contributed by atoms with E-state index >= 15 is 0 Å². The monoisotopic (exact) mass is 259 g/mol. The minimum absolute atomic E-state index is 0.0551. The van der Waals surface area contributed by atoms with Gasteiger partial charge in [-0.2, -0.15) is 0 Å². The van der Waals surface area contributed by atoms with Crippen LogP contribution < -0.4 is 0 Å². The van der Waals surface area contributed by atoms with E-state index < -0.39 is 17.8 Å². The minimum Gasteiger partial charge on any atom is -0.468 e. The SMILES string of the molecule is COC(=O)C1C(=O)N(C2CC2)C(=O)c2ccccc21. The fourth-order valence-corrected chi connectivity index (χ4v) is 2.47. The molecule has 1 unspecified atom stereocenters. The second-order valence-electron chi connectivity index (χ2n) is 4.79. The third kappa shape index (κ3) is 1.73. The summed E-state index contributed by atoms with van der Waals surface area (Å²) >= 11 is 0. The molecule has 0 radical (unpaired) electrons. The van der Waals surface area contributed by atoms with E-state index in [1.807, 2.05) is 0 Å². The van der Waals surface area contributed by atoms with Gasteiger partial charge in [0.25, 0.3) is 5.91 Å². The molecular formula is C14H13NO4. The van der Waals surface area contributed by atoms with E-state index in [4.69, 9.17) is 4.74 Å². The number of imide groups is 1. The van der Waals surface area contributed by atoms with Crippen molar-refractivity contribution in [1.29, 1.82) is 0 Å². The van der Waals surface area contributed by atoms with Crippen LogP contribution in [0.25, 0.3) is 0 Å². The summed E-state index contributed by atoms with van der Waals surface area (Å²) in [6.07, 6.45) is 1.63. The van der Waals surface area contributed by atoms with Crippen molar-refractivity contribution in [3.8, 4) is 0 Å². The fraction of sp³-hybridized carbons (Fsp3) is 0.357. The van der Waals surface area contributed by atoms with Crippen LogP contribution in [-0.2, 0) is 14.3 Å². The Bertz CT molecular complexity index is 577. The molecule has 1 saturated carbocycles. The van der Waals surface area contributed by atoms with Gasteiger partial charge in [-0.1, -0.05) is 18.2 Å². The summed E-state index contributed by atoms with van der Waals surface area (Å²) in [4.78, 5) is 37.8. The first-order valence-corrected chi connectivity index (χ1v) is 6.19. The number of amides is 2. The second kappa shape index (κ2) is 4.19. The summed E-state index contributed by atoms with van der Waals surface area (Å²) in [5.41, 5.74) is 0.866. The molecule has 1 aromatic rings. The second-order valence-corrected chi connectivity index (χ2v) is 4.79. The maximum absolute atomic E-state index is 12.4. The van der Waals surface area contributed by atoms with Crippen molar-refractivity contribution >= 4 is 17.8 Å². The lowest BCUT2D eigenvalue weighted by atomic mass is 9.88. The van der Waals surface area contributed by atoms with E-state index in [0.717, 1.165) is 12.8 Å². The van der Waals surface area contributed by atoms with Gasteiger partial charge in [0, 0.05) is 11.6 Å². The summed E-state index contributed by atoms with van der Waals surface area (Å²) in [6, 6.07) is 6.67. The van der Waals surface area contributed by atoms with Gasteiger partial charge < -0.3 is 4.74 Å². The molecule has 0 N–H and O–H groups in total. The molecule has 5 nitrogen and oxygen atoms in total. The van der Waals surface area contributed by atoms with Gasteiger partial charge in [0.1, 0.15) is 0 Å². The molecule has 2 amide bonds. The van der Waals surface area contributed by atoms with Gasteiger partial charge in [0.05, 0.1) is 7.11 Å². The maximum atomic E-state index is 12.4. The van der Waals surface area contributed by atoms with Crippen molar-refractivity contribution in [2.75, 3.05) is 7.11 Å². The lowest BCUT2D eigenvalue weighted by Gasteiger charge is -2.31. The predicted octanol–water partition coefficient (Wildman–Crippen LogP) is 1.09. The Balaban J connectivity index is 2.13. The molecule has 1 aliphatic heterocycles. The van der Waals surface area contributed by atoms with Crippen LogP contribution in [0.4, 0.5) is 0 Å². The third-order valence-electron chi connectivity index (χ3n) is 3.55. The Labute approximate surface area is 110 Å². The van der Waals surface area contributed by atoms with E-state index in [-0.39, 0.29) is 11.9 Å². The van der Waals surface area contributed by atoms with E-state index in [9.17, 15) is 14.4 Å². The highest BCUT2D eigenvalue weighted by Gasteiger charge is 2.48. The number of ether oxygens (including phenoxy) is 1. The Morgan fingerprint density at radius 2 is 1.95 bits per heavy atom. The Morgan fingerprint density at radius 1 is 1.26 bits per heavy atom. The topological polar surface area (TPSA) is 63.7 Å². The van der Waals surface area contributed by atoms with Crippen molar-refractivity contribution in [2.45, 2.75) is 24.8 Å². The van der Waals surface area contributed by atoms with Gasteiger partial charge in [-0.15, -0.1) is 0 Å². The highest BCUT2D eigenvalue weighted by atomic mass is 16.5. The number of carbonyl (C=O) groups is 3. The Hall–Kier alpha value is -2.17. The number of hydrogen-bond acceptors (Lipinski definition) is 4. The zero-order valence-electron chi connectivity index (χ0n) is 10.5. The first-order valence-electron chi connectivity index (χ1n) is 6.19. The number of hydrogen-bond donors (Lipinski definition) is 0. The number of esters is 1. The van der Waals surface area contributed by atoms with Crippen LogP contribution in [0.1, 0.15) is 34.7 Å². The number of nitrogens with zero attached hydrogens (tertiary/aromatic N) is 1. The van der Waals surface area contributed by atoms with Crippen LogP contribution in [0.3, 0.4) is 0 Å². The summed E-state index contributed by atoms with van der Waals surface area (Å²) in [5, 5.41) is 0. The molecule has 2 aliphatic rings. The quantitative estimate of drug-likeness (QED) is 0.453. The van der Waals surface area contributed by atoms with E-state index in [0.29, 0.717) is 11.1 Å². The molecule has 1 atom stereocenters. The molecule has 1 fully saturated rings. The van der Waals surface area contributed by atoms with Crippen LogP contribution >= 0.6 is 0 Å². The standard InChI is InChI=1S/C14H13NO4/c1-19-14(18)11-9-4-2-3-5-10(9)12(16)15(13(11)17)8-6-7-8/h2-5,8,11H,6-7H2,1H3. The van der Waals surface area contributed by atoms with Gasteiger partial charge in [0.15, 0.2) is 5.92 Å². The van der Waals surface area contributed by atoms with Gasteiger partial charge in [0.2, 0.25) is 5.91 Å². The van der Waals surface area contributed by atoms with Crippen LogP contribution in [0.15, 0.2) is 24.3 Å². The normalized spacial score (nSPS) is 22.2. The fourth-order valence-electron chi connectivity index (χ4n) is 2.47. The van der Waals surface area contributed by atoms with Crippen molar-refractivity contribution in [3.05, 3.63) is 35.4 Å². The first kappa shape index (κ1) is 11.9. The highest BCUT2D eigenvalue weighted by Crippen LogP contribution is 2.37. The average molecular weight is 259 g/mol. The molecule has 0 aromatic heterocycles. The molecule has 1 heterocycles. The van der Waals surface area contributed by atoms with E-state index in [1.54, 1.807) is 24.3 Å². The summed E-state index contributed by atoms with van der Waals surface area (Å²) in [5.74, 6) is -2.39. The first-order chi connectivity index (χ1) is 9.15. The number of carbonyl (C=O) groups excluding carboxylic acids is 3. The molecule has 19 heavy (non-hydrogen) atoms. The van der Waals surface area contributed by atoms with Gasteiger partial charge in [-0.3, -0.25) is 19.3 Å². The van der Waals surface area contributed by atoms with Gasteiger partial charge >= 0.3 is 5.97 Å². The molecule has 0 spiro atoms. The molecule has 3 rings (SSSR count). The highest BCUT2D eigenvalue weighted by molar-refractivity contribution is 6.18. The minimum atomic E-state index is -1.01. The molecule has 1 aliphatic carbocycles. The van der Waals surface area contributed by atoms with Crippen molar-refractivity contribution in [3.63, 3.8) is 0 Å². The van der Waals surface area contributed by atoms with Crippen LogP contribution in [0.2, 0.25) is 0 Å². The lowest BCUT2D eigenvalue weighted by Crippen LogP contribution is -2.48. The zero-order valence-corrected chi connectivity index (χ0v) is 10.5. The van der Waals surface area contributed by atoms with Crippen molar-refractivity contribution < 1.29 is 19.1 Å². The van der Waals surface area contributed by atoms with Crippen molar-refractivity contribution in [1.82, 2.24) is 4.90 Å². The predicted molar refractivity (Wildman–Crippen MR) is 65.4 cm³/mol. The van der Waals surface area contributed by atoms with Crippen LogP contribution in [0, 0.1) is 0 Å². The number of rotatable bonds is 2. The van der Waals surface area contributed by atoms with Crippen molar-refractivity contribution in [2.24, 2.45) is 0 Å².